The summed E-state index contributed by atoms with van der Waals surface area (Å²) >= 11 is 0. The quantitative estimate of drug-likeness (QED) is 0.887. The Balaban J connectivity index is 2.18. The van der Waals surface area contributed by atoms with E-state index in [9.17, 15) is 4.79 Å². The van der Waals surface area contributed by atoms with Crippen LogP contribution in [0.25, 0.3) is 5.57 Å². The number of ether oxygens (including phenoxy) is 2. The molecule has 0 radical (unpaired) electrons. The van der Waals surface area contributed by atoms with Crippen LogP contribution in [0, 0.1) is 0 Å². The van der Waals surface area contributed by atoms with Crippen LogP contribution in [0.15, 0.2) is 18.2 Å². The Kier molecular flexibility index (Phi) is 2.93. The molecule has 3 rings (SSSR count). The molecule has 4 heteroatoms. The fourth-order valence-electron chi connectivity index (χ4n) is 2.87. The van der Waals surface area contributed by atoms with E-state index < -0.39 is 0 Å². The molecule has 1 aliphatic carbocycles. The minimum Gasteiger partial charge on any atom is -0.493 e. The molecular formula is C15H17NO3. The standard InChI is InChI=1S/C15H17NO3/c1-18-13-7-10-9-5-3-4-6-12(9)16-15(17)11(10)8-14(13)19-2/h5,7-8,12H,3-4,6H2,1-2H3,(H,16,17). The van der Waals surface area contributed by atoms with Crippen molar-refractivity contribution in [1.29, 1.82) is 0 Å². The van der Waals surface area contributed by atoms with E-state index in [1.54, 1.807) is 20.3 Å². The number of hydrogen-bond donors (Lipinski definition) is 1. The van der Waals surface area contributed by atoms with E-state index in [0.29, 0.717) is 17.1 Å². The lowest BCUT2D eigenvalue weighted by atomic mass is 9.83. The number of fused-ring (bicyclic) bond motifs is 3. The molecule has 2 aliphatic rings. The zero-order valence-corrected chi connectivity index (χ0v) is 11.2. The van der Waals surface area contributed by atoms with Crippen molar-refractivity contribution in [2.75, 3.05) is 14.2 Å². The van der Waals surface area contributed by atoms with Crippen molar-refractivity contribution in [2.45, 2.75) is 25.3 Å². The van der Waals surface area contributed by atoms with Crippen molar-refractivity contribution in [1.82, 2.24) is 5.32 Å². The lowest BCUT2D eigenvalue weighted by Gasteiger charge is -2.32. The van der Waals surface area contributed by atoms with E-state index in [-0.39, 0.29) is 11.9 Å². The summed E-state index contributed by atoms with van der Waals surface area (Å²) in [6.45, 7) is 0. The van der Waals surface area contributed by atoms with Crippen LogP contribution in [0.3, 0.4) is 0 Å². The summed E-state index contributed by atoms with van der Waals surface area (Å²) in [7, 11) is 3.19. The van der Waals surface area contributed by atoms with Gasteiger partial charge in [0.2, 0.25) is 0 Å². The minimum atomic E-state index is -0.0278. The Morgan fingerprint density at radius 2 is 1.84 bits per heavy atom. The van der Waals surface area contributed by atoms with Crippen LogP contribution >= 0.6 is 0 Å². The van der Waals surface area contributed by atoms with Crippen LogP contribution < -0.4 is 14.8 Å². The van der Waals surface area contributed by atoms with Crippen LogP contribution in [0.1, 0.15) is 35.2 Å². The summed E-state index contributed by atoms with van der Waals surface area (Å²) in [4.78, 5) is 12.2. The van der Waals surface area contributed by atoms with Gasteiger partial charge < -0.3 is 14.8 Å². The first-order chi connectivity index (χ1) is 9.24. The van der Waals surface area contributed by atoms with Crippen LogP contribution in [-0.2, 0) is 0 Å². The first-order valence-corrected chi connectivity index (χ1v) is 6.52. The molecule has 1 N–H and O–H groups in total. The van der Waals surface area contributed by atoms with Crippen molar-refractivity contribution in [2.24, 2.45) is 0 Å². The van der Waals surface area contributed by atoms with Gasteiger partial charge in [0.15, 0.2) is 11.5 Å². The SMILES string of the molecule is COc1cc2c(cc1OC)C1=CCCCC1NC2=O. The van der Waals surface area contributed by atoms with E-state index in [2.05, 4.69) is 11.4 Å². The van der Waals surface area contributed by atoms with E-state index in [1.807, 2.05) is 6.07 Å². The molecule has 0 saturated carbocycles. The minimum absolute atomic E-state index is 0.0278. The van der Waals surface area contributed by atoms with Gasteiger partial charge in [0.1, 0.15) is 0 Å². The molecule has 1 aromatic carbocycles. The summed E-state index contributed by atoms with van der Waals surface area (Å²) < 4.78 is 10.6. The zero-order chi connectivity index (χ0) is 13.4. The topological polar surface area (TPSA) is 47.6 Å². The molecule has 0 saturated heterocycles. The highest BCUT2D eigenvalue weighted by atomic mass is 16.5. The monoisotopic (exact) mass is 259 g/mol. The number of hydrogen-bond acceptors (Lipinski definition) is 3. The maximum Gasteiger partial charge on any atom is 0.252 e. The smallest absolute Gasteiger partial charge is 0.252 e. The average molecular weight is 259 g/mol. The molecule has 1 aromatic rings. The maximum atomic E-state index is 12.2. The lowest BCUT2D eigenvalue weighted by Crippen LogP contribution is -2.41. The molecule has 0 fully saturated rings. The molecule has 4 nitrogen and oxygen atoms in total. The van der Waals surface area contributed by atoms with Crippen LogP contribution in [-0.4, -0.2) is 26.2 Å². The number of rotatable bonds is 2. The van der Waals surface area contributed by atoms with Gasteiger partial charge in [-0.1, -0.05) is 6.08 Å². The van der Waals surface area contributed by atoms with Gasteiger partial charge in [-0.2, -0.15) is 0 Å². The van der Waals surface area contributed by atoms with Gasteiger partial charge >= 0.3 is 0 Å². The fourth-order valence-corrected chi connectivity index (χ4v) is 2.87. The van der Waals surface area contributed by atoms with Gasteiger partial charge in [-0.25, -0.2) is 0 Å². The highest BCUT2D eigenvalue weighted by molar-refractivity contribution is 6.04. The second-order valence-electron chi connectivity index (χ2n) is 4.87. The number of carbonyl (C=O) groups excluding carboxylic acids is 1. The first-order valence-electron chi connectivity index (χ1n) is 6.52. The maximum absolute atomic E-state index is 12.2. The first kappa shape index (κ1) is 12.1. The van der Waals surface area contributed by atoms with Gasteiger partial charge in [0, 0.05) is 0 Å². The summed E-state index contributed by atoms with van der Waals surface area (Å²) in [5.74, 6) is 1.23. The highest BCUT2D eigenvalue weighted by Crippen LogP contribution is 2.39. The Morgan fingerprint density at radius 1 is 1.16 bits per heavy atom. The fraction of sp³-hybridized carbons (Fsp3) is 0.400. The second-order valence-corrected chi connectivity index (χ2v) is 4.87. The van der Waals surface area contributed by atoms with Crippen molar-refractivity contribution < 1.29 is 14.3 Å². The third-order valence-electron chi connectivity index (χ3n) is 3.82. The molecule has 100 valence electrons. The number of carbonyl (C=O) groups is 1. The number of amides is 1. The molecule has 1 amide bonds. The predicted octanol–water partition coefficient (Wildman–Crippen LogP) is 2.38. The Morgan fingerprint density at radius 3 is 2.53 bits per heavy atom. The number of allylic oxidation sites excluding steroid dienone is 1. The molecule has 19 heavy (non-hydrogen) atoms. The molecule has 1 aliphatic heterocycles. The van der Waals surface area contributed by atoms with Gasteiger partial charge in [-0.15, -0.1) is 0 Å². The third kappa shape index (κ3) is 1.87. The van der Waals surface area contributed by atoms with Crippen LogP contribution in [0.4, 0.5) is 0 Å². The molecule has 1 heterocycles. The van der Waals surface area contributed by atoms with Crippen molar-refractivity contribution in [3.63, 3.8) is 0 Å². The summed E-state index contributed by atoms with van der Waals surface area (Å²) in [5, 5.41) is 3.06. The molecule has 0 spiro atoms. The highest BCUT2D eigenvalue weighted by Gasteiger charge is 2.31. The molecule has 0 aromatic heterocycles. The number of nitrogens with one attached hydrogen (secondary N) is 1. The molecule has 1 atom stereocenters. The summed E-state index contributed by atoms with van der Waals surface area (Å²) in [6.07, 6.45) is 5.41. The number of methoxy groups -OCH3 is 2. The largest absolute Gasteiger partial charge is 0.493 e. The molecule has 0 bridgehead atoms. The zero-order valence-electron chi connectivity index (χ0n) is 11.2. The van der Waals surface area contributed by atoms with E-state index in [1.165, 1.54) is 5.57 Å². The molecule has 1 unspecified atom stereocenters. The van der Waals surface area contributed by atoms with Gasteiger partial charge in [-0.05, 0) is 42.5 Å². The Bertz CT molecular complexity index is 563. The predicted molar refractivity (Wildman–Crippen MR) is 72.6 cm³/mol. The normalized spacial score (nSPS) is 20.8. The summed E-state index contributed by atoms with van der Waals surface area (Å²) in [6, 6.07) is 3.82. The third-order valence-corrected chi connectivity index (χ3v) is 3.82. The Hall–Kier alpha value is -1.97. The van der Waals surface area contributed by atoms with Crippen molar-refractivity contribution in [3.05, 3.63) is 29.3 Å². The molecular weight excluding hydrogens is 242 g/mol. The second kappa shape index (κ2) is 4.61. The van der Waals surface area contributed by atoms with Crippen molar-refractivity contribution in [3.8, 4) is 11.5 Å². The summed E-state index contributed by atoms with van der Waals surface area (Å²) in [5.41, 5.74) is 2.86. The van der Waals surface area contributed by atoms with Crippen LogP contribution in [0.5, 0.6) is 11.5 Å². The van der Waals surface area contributed by atoms with Gasteiger partial charge in [0.05, 0.1) is 25.8 Å². The van der Waals surface area contributed by atoms with Crippen LogP contribution in [0.2, 0.25) is 0 Å². The lowest BCUT2D eigenvalue weighted by molar-refractivity contribution is 0.0937. The van der Waals surface area contributed by atoms with Gasteiger partial charge in [0.25, 0.3) is 5.91 Å². The van der Waals surface area contributed by atoms with E-state index in [0.717, 1.165) is 24.8 Å². The Labute approximate surface area is 112 Å². The van der Waals surface area contributed by atoms with E-state index >= 15 is 0 Å². The van der Waals surface area contributed by atoms with E-state index in [4.69, 9.17) is 9.47 Å². The van der Waals surface area contributed by atoms with Gasteiger partial charge in [-0.3, -0.25) is 4.79 Å². The number of benzene rings is 1. The average Bonchev–Trinajstić information content (AvgIpc) is 2.46. The van der Waals surface area contributed by atoms with Crippen molar-refractivity contribution >= 4 is 11.5 Å².